The summed E-state index contributed by atoms with van der Waals surface area (Å²) in [7, 11) is 1.56. The van der Waals surface area contributed by atoms with Crippen LogP contribution in [0, 0.1) is 5.92 Å². The van der Waals surface area contributed by atoms with Crippen LogP contribution in [0.15, 0.2) is 54.9 Å². The number of fused-ring (bicyclic) bond motifs is 1. The molecule has 3 heterocycles. The van der Waals surface area contributed by atoms with Gasteiger partial charge in [-0.3, -0.25) is 9.59 Å². The van der Waals surface area contributed by atoms with Gasteiger partial charge in [0, 0.05) is 25.2 Å². The van der Waals surface area contributed by atoms with Crippen molar-refractivity contribution in [1.82, 2.24) is 14.5 Å². The van der Waals surface area contributed by atoms with E-state index in [-0.39, 0.29) is 18.4 Å². The number of carboxylic acid groups (broad SMARTS) is 1. The minimum Gasteiger partial charge on any atom is -0.496 e. The molecule has 0 saturated carbocycles. The van der Waals surface area contributed by atoms with Crippen LogP contribution < -0.4 is 4.74 Å². The summed E-state index contributed by atoms with van der Waals surface area (Å²) in [4.78, 5) is 26.5. The zero-order chi connectivity index (χ0) is 19.0. The Morgan fingerprint density at radius 3 is 2.70 bits per heavy atom. The highest BCUT2D eigenvalue weighted by molar-refractivity contribution is 6.01. The zero-order valence-electron chi connectivity index (χ0n) is 14.8. The Hall–Kier alpha value is -3.35. The number of pyridine rings is 1. The van der Waals surface area contributed by atoms with Gasteiger partial charge in [0.05, 0.1) is 30.3 Å². The van der Waals surface area contributed by atoms with Crippen molar-refractivity contribution in [3.05, 3.63) is 66.0 Å². The molecule has 1 fully saturated rings. The Kier molecular flexibility index (Phi) is 4.27. The number of carbonyl (C=O) groups is 2. The molecule has 1 aliphatic rings. The van der Waals surface area contributed by atoms with E-state index in [2.05, 4.69) is 5.10 Å². The average molecular weight is 365 g/mol. The molecule has 0 aliphatic carbocycles. The van der Waals surface area contributed by atoms with Crippen LogP contribution in [0.25, 0.3) is 5.52 Å². The third-order valence-electron chi connectivity index (χ3n) is 5.12. The van der Waals surface area contributed by atoms with Crippen LogP contribution in [-0.2, 0) is 4.79 Å². The smallest absolute Gasteiger partial charge is 0.308 e. The molecule has 0 radical (unpaired) electrons. The van der Waals surface area contributed by atoms with Gasteiger partial charge >= 0.3 is 5.97 Å². The number of amides is 1. The summed E-state index contributed by atoms with van der Waals surface area (Å²) in [6, 6.07) is 12.9. The predicted molar refractivity (Wildman–Crippen MR) is 98.0 cm³/mol. The van der Waals surface area contributed by atoms with Gasteiger partial charge in [-0.1, -0.05) is 24.3 Å². The fourth-order valence-corrected chi connectivity index (χ4v) is 3.78. The van der Waals surface area contributed by atoms with Crippen molar-refractivity contribution in [2.45, 2.75) is 5.92 Å². The fraction of sp³-hybridized carbons (Fsp3) is 0.250. The van der Waals surface area contributed by atoms with Gasteiger partial charge in [-0.05, 0) is 23.8 Å². The van der Waals surface area contributed by atoms with Crippen LogP contribution in [0.4, 0.5) is 0 Å². The number of hydrogen-bond acceptors (Lipinski definition) is 4. The van der Waals surface area contributed by atoms with Gasteiger partial charge in [0.1, 0.15) is 5.75 Å². The normalized spacial score (nSPS) is 19.4. The minimum absolute atomic E-state index is 0.154. The summed E-state index contributed by atoms with van der Waals surface area (Å²) >= 11 is 0. The number of methoxy groups -OCH3 is 1. The Morgan fingerprint density at radius 1 is 1.15 bits per heavy atom. The number of carbonyl (C=O) groups excluding carboxylic acids is 1. The summed E-state index contributed by atoms with van der Waals surface area (Å²) in [6.45, 7) is 0.474. The molecule has 1 aromatic carbocycles. The van der Waals surface area contributed by atoms with E-state index >= 15 is 0 Å². The van der Waals surface area contributed by atoms with E-state index in [1.54, 1.807) is 22.7 Å². The molecule has 3 aromatic rings. The molecule has 1 N–H and O–H groups in total. The third-order valence-corrected chi connectivity index (χ3v) is 5.12. The van der Waals surface area contributed by atoms with Gasteiger partial charge in [-0.25, -0.2) is 4.52 Å². The Balaban J connectivity index is 1.67. The first-order valence-corrected chi connectivity index (χ1v) is 8.67. The number of likely N-dealkylation sites (tertiary alicyclic amines) is 1. The molecular formula is C20H19N3O4. The first-order valence-electron chi connectivity index (χ1n) is 8.67. The molecule has 2 aromatic heterocycles. The van der Waals surface area contributed by atoms with Crippen LogP contribution in [0.5, 0.6) is 5.75 Å². The Labute approximate surface area is 155 Å². The molecule has 0 unspecified atom stereocenters. The number of benzene rings is 1. The number of nitrogens with zero attached hydrogens (tertiary/aromatic N) is 3. The lowest BCUT2D eigenvalue weighted by Crippen LogP contribution is -2.29. The highest BCUT2D eigenvalue weighted by Crippen LogP contribution is 2.38. The van der Waals surface area contributed by atoms with E-state index in [9.17, 15) is 14.7 Å². The molecule has 1 aliphatic heterocycles. The molecule has 27 heavy (non-hydrogen) atoms. The molecule has 1 amide bonds. The first-order chi connectivity index (χ1) is 13.1. The molecule has 7 nitrogen and oxygen atoms in total. The van der Waals surface area contributed by atoms with E-state index in [0.717, 1.165) is 5.56 Å². The lowest BCUT2D eigenvalue weighted by atomic mass is 9.88. The lowest BCUT2D eigenvalue weighted by Gasteiger charge is -2.18. The van der Waals surface area contributed by atoms with Crippen LogP contribution in [0.3, 0.4) is 0 Å². The maximum atomic E-state index is 13.1. The topological polar surface area (TPSA) is 84.1 Å². The molecule has 0 bridgehead atoms. The van der Waals surface area contributed by atoms with Gasteiger partial charge < -0.3 is 14.7 Å². The van der Waals surface area contributed by atoms with E-state index in [1.807, 2.05) is 42.5 Å². The van der Waals surface area contributed by atoms with Gasteiger partial charge in [-0.2, -0.15) is 5.10 Å². The SMILES string of the molecule is COc1ccccc1[C@@H]1CN(C(=O)c2cnn3ccccc23)C[C@H]1C(=O)O. The largest absolute Gasteiger partial charge is 0.496 e. The number of ether oxygens (including phenoxy) is 1. The van der Waals surface area contributed by atoms with Crippen LogP contribution in [-0.4, -0.2) is 51.7 Å². The minimum atomic E-state index is -0.916. The molecule has 0 spiro atoms. The lowest BCUT2D eigenvalue weighted by molar-refractivity contribution is -0.141. The Bertz CT molecular complexity index is 1010. The first kappa shape index (κ1) is 17.1. The highest BCUT2D eigenvalue weighted by atomic mass is 16.5. The maximum Gasteiger partial charge on any atom is 0.308 e. The third kappa shape index (κ3) is 2.91. The number of aromatic nitrogens is 2. The number of para-hydroxylation sites is 1. The van der Waals surface area contributed by atoms with Crippen molar-refractivity contribution >= 4 is 17.4 Å². The van der Waals surface area contributed by atoms with E-state index < -0.39 is 11.9 Å². The van der Waals surface area contributed by atoms with E-state index in [1.165, 1.54) is 6.20 Å². The summed E-state index contributed by atoms with van der Waals surface area (Å²) in [6.07, 6.45) is 3.30. The van der Waals surface area contributed by atoms with Crippen LogP contribution in [0.1, 0.15) is 21.8 Å². The molecule has 1 saturated heterocycles. The monoisotopic (exact) mass is 365 g/mol. The number of hydrogen-bond donors (Lipinski definition) is 1. The second-order valence-electron chi connectivity index (χ2n) is 6.59. The zero-order valence-corrected chi connectivity index (χ0v) is 14.8. The summed E-state index contributed by atoms with van der Waals surface area (Å²) in [5.41, 5.74) is 1.98. The molecular weight excluding hydrogens is 346 g/mol. The van der Waals surface area contributed by atoms with Crippen molar-refractivity contribution in [3.8, 4) is 5.75 Å². The van der Waals surface area contributed by atoms with Crippen molar-refractivity contribution in [1.29, 1.82) is 0 Å². The fourth-order valence-electron chi connectivity index (χ4n) is 3.78. The summed E-state index contributed by atoms with van der Waals surface area (Å²) in [5.74, 6) is -1.50. The number of aliphatic carboxylic acids is 1. The van der Waals surface area contributed by atoms with Gasteiger partial charge in [-0.15, -0.1) is 0 Å². The van der Waals surface area contributed by atoms with Crippen molar-refractivity contribution in [3.63, 3.8) is 0 Å². The summed E-state index contributed by atoms with van der Waals surface area (Å²) in [5, 5.41) is 13.9. The second kappa shape index (κ2) is 6.75. The van der Waals surface area contributed by atoms with E-state index in [4.69, 9.17) is 4.74 Å². The standard InChI is InChI=1S/C20H19N3O4/c1-27-18-8-3-2-6-13(18)15-11-22(12-16(15)20(25)26)19(24)14-10-21-23-9-5-4-7-17(14)23/h2-10,15-16H,11-12H2,1H3,(H,25,26)/t15-,16+/m0/s1. The quantitative estimate of drug-likeness (QED) is 0.767. The molecule has 2 atom stereocenters. The Morgan fingerprint density at radius 2 is 1.93 bits per heavy atom. The number of carboxylic acids is 1. The van der Waals surface area contributed by atoms with Gasteiger partial charge in [0.2, 0.25) is 0 Å². The van der Waals surface area contributed by atoms with Crippen LogP contribution >= 0.6 is 0 Å². The van der Waals surface area contributed by atoms with Gasteiger partial charge in [0.15, 0.2) is 0 Å². The van der Waals surface area contributed by atoms with E-state index in [0.29, 0.717) is 23.4 Å². The molecule has 7 heteroatoms. The van der Waals surface area contributed by atoms with Crippen molar-refractivity contribution in [2.75, 3.05) is 20.2 Å². The second-order valence-corrected chi connectivity index (χ2v) is 6.59. The van der Waals surface area contributed by atoms with Crippen molar-refractivity contribution in [2.24, 2.45) is 5.92 Å². The predicted octanol–water partition coefficient (Wildman–Crippen LogP) is 2.28. The van der Waals surface area contributed by atoms with Crippen LogP contribution in [0.2, 0.25) is 0 Å². The maximum absolute atomic E-state index is 13.1. The molecule has 138 valence electrons. The summed E-state index contributed by atoms with van der Waals surface area (Å²) < 4.78 is 7.04. The average Bonchev–Trinajstić information content (AvgIpc) is 3.32. The number of rotatable bonds is 4. The highest BCUT2D eigenvalue weighted by Gasteiger charge is 2.42. The van der Waals surface area contributed by atoms with Gasteiger partial charge in [0.25, 0.3) is 5.91 Å². The van der Waals surface area contributed by atoms with Crippen molar-refractivity contribution < 1.29 is 19.4 Å². The molecule has 4 rings (SSSR count).